The van der Waals surface area contributed by atoms with Crippen LogP contribution in [0, 0.1) is 23.2 Å². The SMILES string of the molecule is C[C@]12CCC(=O)C(O)=C1CCC1C2CC[C@]2(C)OC(=O)CCC12. The van der Waals surface area contributed by atoms with Crippen LogP contribution in [0.3, 0.4) is 0 Å². The summed E-state index contributed by atoms with van der Waals surface area (Å²) in [6.07, 6.45) is 6.53. The number of hydrogen-bond acceptors (Lipinski definition) is 4. The minimum atomic E-state index is -0.305. The largest absolute Gasteiger partial charge is 0.504 e. The van der Waals surface area contributed by atoms with Gasteiger partial charge in [0.1, 0.15) is 5.60 Å². The number of allylic oxidation sites excluding steroid dienone is 2. The second-order valence-electron chi connectivity index (χ2n) is 8.45. The molecular formula is C19H26O4. The van der Waals surface area contributed by atoms with E-state index in [1.807, 2.05) is 0 Å². The van der Waals surface area contributed by atoms with Crippen molar-refractivity contribution in [2.45, 2.75) is 70.8 Å². The third kappa shape index (κ3) is 2.03. The van der Waals surface area contributed by atoms with E-state index in [9.17, 15) is 14.7 Å². The minimum Gasteiger partial charge on any atom is -0.504 e. The average Bonchev–Trinajstić information content (AvgIpc) is 2.50. The van der Waals surface area contributed by atoms with Gasteiger partial charge in [0.25, 0.3) is 0 Å². The number of ether oxygens (including phenoxy) is 1. The van der Waals surface area contributed by atoms with Crippen LogP contribution < -0.4 is 0 Å². The van der Waals surface area contributed by atoms with Gasteiger partial charge in [-0.1, -0.05) is 6.92 Å². The van der Waals surface area contributed by atoms with Crippen LogP contribution in [0.2, 0.25) is 0 Å². The third-order valence-corrected chi connectivity index (χ3v) is 7.43. The average molecular weight is 318 g/mol. The second-order valence-corrected chi connectivity index (χ2v) is 8.45. The Morgan fingerprint density at radius 2 is 1.78 bits per heavy atom. The van der Waals surface area contributed by atoms with Crippen LogP contribution in [0.15, 0.2) is 11.3 Å². The smallest absolute Gasteiger partial charge is 0.306 e. The summed E-state index contributed by atoms with van der Waals surface area (Å²) in [5.74, 6) is 1.39. The Bertz CT molecular complexity index is 606. The molecule has 4 heteroatoms. The van der Waals surface area contributed by atoms with Crippen LogP contribution in [0.5, 0.6) is 0 Å². The number of rotatable bonds is 0. The lowest BCUT2D eigenvalue weighted by Gasteiger charge is -2.59. The molecule has 1 aliphatic heterocycles. The highest BCUT2D eigenvalue weighted by atomic mass is 16.6. The summed E-state index contributed by atoms with van der Waals surface area (Å²) in [5.41, 5.74) is 0.649. The lowest BCUT2D eigenvalue weighted by Crippen LogP contribution is -2.56. The maximum atomic E-state index is 11.9. The van der Waals surface area contributed by atoms with Crippen LogP contribution in [0.1, 0.15) is 65.2 Å². The van der Waals surface area contributed by atoms with Crippen molar-refractivity contribution in [3.05, 3.63) is 11.3 Å². The molecule has 0 radical (unpaired) electrons. The number of esters is 1. The van der Waals surface area contributed by atoms with Crippen LogP contribution >= 0.6 is 0 Å². The molecule has 23 heavy (non-hydrogen) atoms. The molecule has 0 aromatic heterocycles. The van der Waals surface area contributed by atoms with Gasteiger partial charge in [0.05, 0.1) is 0 Å². The standard InChI is InChI=1S/C19H26O4/c1-18-9-8-15(20)17(22)14(18)4-3-11-12(18)7-10-19(2)13(11)5-6-16(21)23-19/h11-13,22H,3-10H2,1-2H3/t11?,12?,13?,18-,19+/m1/s1. The van der Waals surface area contributed by atoms with Crippen LogP contribution in [0.25, 0.3) is 0 Å². The summed E-state index contributed by atoms with van der Waals surface area (Å²) in [6, 6.07) is 0. The molecule has 4 nitrogen and oxygen atoms in total. The van der Waals surface area contributed by atoms with E-state index >= 15 is 0 Å². The summed E-state index contributed by atoms with van der Waals surface area (Å²) < 4.78 is 5.78. The zero-order chi connectivity index (χ0) is 16.4. The number of Topliss-reactive ketones (excluding diaryl/α,β-unsaturated/α-hetero) is 1. The molecule has 1 N–H and O–H groups in total. The first kappa shape index (κ1) is 15.2. The van der Waals surface area contributed by atoms with Gasteiger partial charge in [-0.15, -0.1) is 0 Å². The topological polar surface area (TPSA) is 63.6 Å². The minimum absolute atomic E-state index is 0.0503. The fourth-order valence-electron chi connectivity index (χ4n) is 6.20. The van der Waals surface area contributed by atoms with E-state index in [1.165, 1.54) is 0 Å². The maximum absolute atomic E-state index is 11.9. The number of aliphatic hydroxyl groups excluding tert-OH is 1. The lowest BCUT2D eigenvalue weighted by molar-refractivity contribution is -0.194. The van der Waals surface area contributed by atoms with E-state index in [1.54, 1.807) is 0 Å². The predicted octanol–water partition coefficient (Wildman–Crippen LogP) is 3.70. The summed E-state index contributed by atoms with van der Waals surface area (Å²) in [4.78, 5) is 23.7. The number of fused-ring (bicyclic) bond motifs is 5. The molecule has 4 rings (SSSR count). The van der Waals surface area contributed by atoms with Gasteiger partial charge in [0.2, 0.25) is 0 Å². The Labute approximate surface area is 137 Å². The van der Waals surface area contributed by atoms with E-state index in [4.69, 9.17) is 4.74 Å². The molecule has 3 fully saturated rings. The summed E-state index contributed by atoms with van der Waals surface area (Å²) in [5, 5.41) is 10.3. The highest BCUT2D eigenvalue weighted by Crippen LogP contribution is 2.62. The van der Waals surface area contributed by atoms with Crippen LogP contribution in [-0.4, -0.2) is 22.5 Å². The molecule has 1 saturated heterocycles. The molecule has 0 spiro atoms. The molecular weight excluding hydrogens is 292 g/mol. The molecule has 4 aliphatic rings. The van der Waals surface area contributed by atoms with Crippen molar-refractivity contribution in [2.24, 2.45) is 23.2 Å². The first-order chi connectivity index (χ1) is 10.8. The molecule has 0 bridgehead atoms. The first-order valence-corrected chi connectivity index (χ1v) is 9.03. The molecule has 1 heterocycles. The Morgan fingerprint density at radius 1 is 1.00 bits per heavy atom. The molecule has 126 valence electrons. The Hall–Kier alpha value is -1.32. The number of hydrogen-bond donors (Lipinski definition) is 1. The summed E-state index contributed by atoms with van der Waals surface area (Å²) in [6.45, 7) is 4.36. The van der Waals surface area contributed by atoms with E-state index in [0.29, 0.717) is 30.6 Å². The van der Waals surface area contributed by atoms with Crippen molar-refractivity contribution in [2.75, 3.05) is 0 Å². The van der Waals surface area contributed by atoms with Crippen molar-refractivity contribution < 1.29 is 19.4 Å². The van der Waals surface area contributed by atoms with Crippen molar-refractivity contribution in [3.8, 4) is 0 Å². The van der Waals surface area contributed by atoms with E-state index in [2.05, 4.69) is 13.8 Å². The van der Waals surface area contributed by atoms with Gasteiger partial charge in [0.15, 0.2) is 11.5 Å². The Morgan fingerprint density at radius 3 is 2.57 bits per heavy atom. The van der Waals surface area contributed by atoms with Gasteiger partial charge in [-0.3, -0.25) is 9.59 Å². The third-order valence-electron chi connectivity index (χ3n) is 7.43. The zero-order valence-corrected chi connectivity index (χ0v) is 14.1. The maximum Gasteiger partial charge on any atom is 0.306 e. The molecule has 0 amide bonds. The van der Waals surface area contributed by atoms with Crippen molar-refractivity contribution in [1.82, 2.24) is 0 Å². The van der Waals surface area contributed by atoms with Crippen LogP contribution in [-0.2, 0) is 14.3 Å². The fraction of sp³-hybridized carbons (Fsp3) is 0.789. The highest BCUT2D eigenvalue weighted by Gasteiger charge is 2.58. The molecule has 3 unspecified atom stereocenters. The molecule has 0 aromatic rings. The first-order valence-electron chi connectivity index (χ1n) is 9.03. The second kappa shape index (κ2) is 4.84. The zero-order valence-electron chi connectivity index (χ0n) is 14.1. The number of carbonyl (C=O) groups excluding carboxylic acids is 2. The van der Waals surface area contributed by atoms with Crippen molar-refractivity contribution in [1.29, 1.82) is 0 Å². The summed E-state index contributed by atoms with van der Waals surface area (Å²) in [7, 11) is 0. The number of aliphatic hydroxyl groups is 1. The highest BCUT2D eigenvalue weighted by molar-refractivity contribution is 5.95. The Balaban J connectivity index is 1.70. The van der Waals surface area contributed by atoms with Gasteiger partial charge in [-0.05, 0) is 68.3 Å². The summed E-state index contributed by atoms with van der Waals surface area (Å²) >= 11 is 0. The number of carbonyl (C=O) groups is 2. The van der Waals surface area contributed by atoms with Gasteiger partial charge in [-0.25, -0.2) is 0 Å². The Kier molecular flexibility index (Phi) is 3.20. The molecule has 5 atom stereocenters. The predicted molar refractivity (Wildman–Crippen MR) is 84.7 cm³/mol. The molecule has 3 aliphatic carbocycles. The van der Waals surface area contributed by atoms with E-state index in [-0.39, 0.29) is 28.5 Å². The van der Waals surface area contributed by atoms with Gasteiger partial charge < -0.3 is 9.84 Å². The van der Waals surface area contributed by atoms with Crippen molar-refractivity contribution >= 4 is 11.8 Å². The molecule has 0 aromatic carbocycles. The lowest BCUT2D eigenvalue weighted by atomic mass is 9.48. The van der Waals surface area contributed by atoms with Crippen LogP contribution in [0.4, 0.5) is 0 Å². The molecule has 2 saturated carbocycles. The number of ketones is 1. The van der Waals surface area contributed by atoms with E-state index < -0.39 is 0 Å². The van der Waals surface area contributed by atoms with Crippen molar-refractivity contribution in [3.63, 3.8) is 0 Å². The normalized spacial score (nSPS) is 46.6. The quantitative estimate of drug-likeness (QED) is 0.692. The van der Waals surface area contributed by atoms with E-state index in [0.717, 1.165) is 44.1 Å². The van der Waals surface area contributed by atoms with Gasteiger partial charge in [0, 0.05) is 18.8 Å². The fourth-order valence-corrected chi connectivity index (χ4v) is 6.20. The van der Waals surface area contributed by atoms with Gasteiger partial charge >= 0.3 is 5.97 Å². The van der Waals surface area contributed by atoms with Gasteiger partial charge in [-0.2, -0.15) is 0 Å². The monoisotopic (exact) mass is 318 g/mol.